The van der Waals surface area contributed by atoms with Gasteiger partial charge in [0, 0.05) is 23.0 Å². The van der Waals surface area contributed by atoms with Crippen LogP contribution >= 0.6 is 11.6 Å². The molecule has 5 heteroatoms. The van der Waals surface area contributed by atoms with Crippen molar-refractivity contribution in [2.45, 2.75) is 44.3 Å². The normalized spacial score (nSPS) is 18.8. The van der Waals surface area contributed by atoms with Gasteiger partial charge >= 0.3 is 6.03 Å². The highest BCUT2D eigenvalue weighted by Crippen LogP contribution is 2.37. The lowest BCUT2D eigenvalue weighted by molar-refractivity contribution is 0.176. The molecule has 5 rings (SSSR count). The van der Waals surface area contributed by atoms with Crippen LogP contribution in [0.2, 0.25) is 5.02 Å². The number of para-hydroxylation sites is 1. The Morgan fingerprint density at radius 3 is 2.52 bits per heavy atom. The van der Waals surface area contributed by atoms with Crippen LogP contribution < -0.4 is 5.32 Å². The molecule has 1 atom stereocenters. The number of benzene rings is 2. The fourth-order valence-corrected chi connectivity index (χ4v) is 4.79. The van der Waals surface area contributed by atoms with Gasteiger partial charge in [0.25, 0.3) is 0 Å². The molecule has 1 N–H and O–H groups in total. The molecule has 1 aromatic heterocycles. The Morgan fingerprint density at radius 1 is 0.966 bits per heavy atom. The third kappa shape index (κ3) is 3.42. The van der Waals surface area contributed by atoms with Crippen LogP contribution in [0.1, 0.15) is 48.5 Å². The SMILES string of the molecule is O=C(NC1CCCC1)N1Cc2ccccc2-n2cccc2[C@H]1c1ccc(Cl)cc1. The van der Waals surface area contributed by atoms with Gasteiger partial charge in [-0.2, -0.15) is 0 Å². The number of hydrogen-bond acceptors (Lipinski definition) is 1. The molecule has 1 aliphatic carbocycles. The predicted octanol–water partition coefficient (Wildman–Crippen LogP) is 5.69. The first-order valence-electron chi connectivity index (χ1n) is 10.3. The molecule has 4 nitrogen and oxygen atoms in total. The zero-order chi connectivity index (χ0) is 19.8. The molecule has 0 spiro atoms. The lowest BCUT2D eigenvalue weighted by Gasteiger charge is -2.32. The molecule has 29 heavy (non-hydrogen) atoms. The third-order valence-electron chi connectivity index (χ3n) is 6.09. The van der Waals surface area contributed by atoms with E-state index in [1.165, 1.54) is 12.8 Å². The molecule has 148 valence electrons. The Hall–Kier alpha value is -2.72. The van der Waals surface area contributed by atoms with Crippen molar-refractivity contribution >= 4 is 17.6 Å². The minimum atomic E-state index is -0.184. The summed E-state index contributed by atoms with van der Waals surface area (Å²) in [7, 11) is 0. The van der Waals surface area contributed by atoms with Gasteiger partial charge in [-0.25, -0.2) is 4.79 Å². The molecule has 3 aromatic rings. The molecule has 1 aliphatic heterocycles. The summed E-state index contributed by atoms with van der Waals surface area (Å²) in [5.74, 6) is 0. The summed E-state index contributed by atoms with van der Waals surface area (Å²) in [6.45, 7) is 0.559. The average molecular weight is 406 g/mol. The van der Waals surface area contributed by atoms with Crippen molar-refractivity contribution in [2.75, 3.05) is 0 Å². The van der Waals surface area contributed by atoms with Crippen molar-refractivity contribution < 1.29 is 4.79 Å². The summed E-state index contributed by atoms with van der Waals surface area (Å²) in [5, 5.41) is 3.99. The van der Waals surface area contributed by atoms with Crippen LogP contribution in [0.15, 0.2) is 66.9 Å². The first-order valence-corrected chi connectivity index (χ1v) is 10.7. The quantitative estimate of drug-likeness (QED) is 0.584. The maximum absolute atomic E-state index is 13.5. The Balaban J connectivity index is 1.61. The number of urea groups is 1. The van der Waals surface area contributed by atoms with E-state index < -0.39 is 0 Å². The van der Waals surface area contributed by atoms with Crippen molar-refractivity contribution in [1.29, 1.82) is 0 Å². The Bertz CT molecular complexity index is 1020. The predicted molar refractivity (Wildman–Crippen MR) is 115 cm³/mol. The second kappa shape index (κ2) is 7.60. The van der Waals surface area contributed by atoms with Crippen LogP contribution in [0.3, 0.4) is 0 Å². The first-order chi connectivity index (χ1) is 14.2. The van der Waals surface area contributed by atoms with Crippen LogP contribution in [0.4, 0.5) is 4.79 Å². The lowest BCUT2D eigenvalue weighted by Crippen LogP contribution is -2.45. The molecule has 0 radical (unpaired) electrons. The maximum Gasteiger partial charge on any atom is 0.318 e. The summed E-state index contributed by atoms with van der Waals surface area (Å²) in [6.07, 6.45) is 6.60. The number of fused-ring (bicyclic) bond motifs is 3. The van der Waals surface area contributed by atoms with Crippen molar-refractivity contribution in [3.63, 3.8) is 0 Å². The summed E-state index contributed by atoms with van der Waals surface area (Å²) in [5.41, 5.74) is 4.41. The second-order valence-electron chi connectivity index (χ2n) is 7.94. The Kier molecular flexibility index (Phi) is 4.80. The Morgan fingerprint density at radius 2 is 1.72 bits per heavy atom. The number of hydrogen-bond donors (Lipinski definition) is 1. The highest BCUT2D eigenvalue weighted by Gasteiger charge is 2.33. The van der Waals surface area contributed by atoms with Gasteiger partial charge in [0.2, 0.25) is 0 Å². The highest BCUT2D eigenvalue weighted by molar-refractivity contribution is 6.30. The van der Waals surface area contributed by atoms with Gasteiger partial charge in [0.1, 0.15) is 0 Å². The third-order valence-corrected chi connectivity index (χ3v) is 6.35. The molecule has 2 heterocycles. The number of rotatable bonds is 2. The van der Waals surface area contributed by atoms with Crippen molar-refractivity contribution in [3.05, 3.63) is 88.7 Å². The van der Waals surface area contributed by atoms with E-state index in [0.717, 1.165) is 35.3 Å². The van der Waals surface area contributed by atoms with E-state index in [1.807, 2.05) is 47.4 Å². The van der Waals surface area contributed by atoms with E-state index in [2.05, 4.69) is 34.3 Å². The standard InChI is InChI=1S/C24H24ClN3O/c25-19-13-11-17(12-14-19)23-22-10-5-15-27(22)21-9-4-1-6-18(21)16-28(23)24(29)26-20-7-2-3-8-20/h1,4-6,9-15,20,23H,2-3,7-8,16H2,(H,26,29)/t23-/m1/s1. The minimum absolute atomic E-state index is 0.00121. The number of carbonyl (C=O) groups is 1. The van der Waals surface area contributed by atoms with Crippen molar-refractivity contribution in [3.8, 4) is 5.69 Å². The van der Waals surface area contributed by atoms with E-state index in [0.29, 0.717) is 11.6 Å². The van der Waals surface area contributed by atoms with Crippen LogP contribution in [0.5, 0.6) is 0 Å². The van der Waals surface area contributed by atoms with E-state index >= 15 is 0 Å². The average Bonchev–Trinajstić information content (AvgIpc) is 3.39. The smallest absolute Gasteiger partial charge is 0.318 e. The number of amides is 2. The molecular formula is C24H24ClN3O. The second-order valence-corrected chi connectivity index (χ2v) is 8.38. The highest BCUT2D eigenvalue weighted by atomic mass is 35.5. The van der Waals surface area contributed by atoms with E-state index in [-0.39, 0.29) is 18.1 Å². The molecule has 1 fully saturated rings. The summed E-state index contributed by atoms with van der Waals surface area (Å²) in [6, 6.07) is 20.4. The number of halogens is 1. The van der Waals surface area contributed by atoms with Crippen LogP contribution in [-0.4, -0.2) is 21.5 Å². The molecule has 0 bridgehead atoms. The topological polar surface area (TPSA) is 37.3 Å². The summed E-state index contributed by atoms with van der Waals surface area (Å²) < 4.78 is 2.21. The fourth-order valence-electron chi connectivity index (χ4n) is 4.66. The van der Waals surface area contributed by atoms with Gasteiger partial charge in [0.05, 0.1) is 18.3 Å². The summed E-state index contributed by atoms with van der Waals surface area (Å²) in [4.78, 5) is 15.4. The van der Waals surface area contributed by atoms with Crippen LogP contribution in [0.25, 0.3) is 5.69 Å². The van der Waals surface area contributed by atoms with Crippen molar-refractivity contribution in [1.82, 2.24) is 14.8 Å². The van der Waals surface area contributed by atoms with E-state index in [4.69, 9.17) is 11.6 Å². The number of nitrogens with one attached hydrogen (secondary N) is 1. The van der Waals surface area contributed by atoms with Gasteiger partial charge in [-0.05, 0) is 54.3 Å². The van der Waals surface area contributed by atoms with E-state index in [1.54, 1.807) is 0 Å². The minimum Gasteiger partial charge on any atom is -0.335 e. The number of carbonyl (C=O) groups excluding carboxylic acids is 1. The summed E-state index contributed by atoms with van der Waals surface area (Å²) >= 11 is 6.15. The maximum atomic E-state index is 13.5. The molecule has 1 saturated carbocycles. The van der Waals surface area contributed by atoms with Crippen molar-refractivity contribution in [2.24, 2.45) is 0 Å². The lowest BCUT2D eigenvalue weighted by atomic mass is 10.0. The monoisotopic (exact) mass is 405 g/mol. The molecule has 2 aliphatic rings. The fraction of sp³-hybridized carbons (Fsp3) is 0.292. The van der Waals surface area contributed by atoms with Gasteiger partial charge in [-0.15, -0.1) is 0 Å². The number of nitrogens with zero attached hydrogens (tertiary/aromatic N) is 2. The van der Waals surface area contributed by atoms with Crippen LogP contribution in [-0.2, 0) is 6.54 Å². The van der Waals surface area contributed by atoms with Gasteiger partial charge in [0.15, 0.2) is 0 Å². The molecule has 0 saturated heterocycles. The molecule has 2 aromatic carbocycles. The molecule has 2 amide bonds. The number of aromatic nitrogens is 1. The Labute approximate surface area is 176 Å². The van der Waals surface area contributed by atoms with E-state index in [9.17, 15) is 4.79 Å². The largest absolute Gasteiger partial charge is 0.335 e. The zero-order valence-electron chi connectivity index (χ0n) is 16.2. The zero-order valence-corrected chi connectivity index (χ0v) is 17.0. The van der Waals surface area contributed by atoms with Gasteiger partial charge < -0.3 is 14.8 Å². The first kappa shape index (κ1) is 18.3. The molecular weight excluding hydrogens is 382 g/mol. The van der Waals surface area contributed by atoms with Gasteiger partial charge in [-0.1, -0.05) is 54.8 Å². The molecule has 0 unspecified atom stereocenters. The van der Waals surface area contributed by atoms with Gasteiger partial charge in [-0.3, -0.25) is 0 Å². The van der Waals surface area contributed by atoms with Crippen LogP contribution in [0, 0.1) is 0 Å².